The quantitative estimate of drug-likeness (QED) is 0.577. The maximum absolute atomic E-state index is 13.8. The molecule has 0 aliphatic carbocycles. The fraction of sp³-hybridized carbons (Fsp3) is 0.0588. The lowest BCUT2D eigenvalue weighted by Gasteiger charge is -2.06. The zero-order valence-corrected chi connectivity index (χ0v) is 14.2. The van der Waals surface area contributed by atoms with Crippen LogP contribution >= 0.6 is 11.3 Å². The number of carbonyl (C=O) groups is 1. The lowest BCUT2D eigenvalue weighted by Crippen LogP contribution is -2.22. The maximum atomic E-state index is 13.8. The van der Waals surface area contributed by atoms with Gasteiger partial charge in [0.25, 0.3) is 5.91 Å². The van der Waals surface area contributed by atoms with Gasteiger partial charge in [0.2, 0.25) is 0 Å². The monoisotopic (exact) mass is 368 g/mol. The summed E-state index contributed by atoms with van der Waals surface area (Å²) in [6, 6.07) is 7.53. The van der Waals surface area contributed by atoms with Crippen LogP contribution in [0.2, 0.25) is 0 Å². The second kappa shape index (κ2) is 6.52. The average Bonchev–Trinajstić information content (AvgIpc) is 3.29. The molecule has 0 fully saturated rings. The highest BCUT2D eigenvalue weighted by molar-refractivity contribution is 7.21. The van der Waals surface area contributed by atoms with Gasteiger partial charge in [-0.2, -0.15) is 5.10 Å². The van der Waals surface area contributed by atoms with Gasteiger partial charge < -0.3 is 11.1 Å². The number of rotatable bonds is 4. The van der Waals surface area contributed by atoms with Crippen LogP contribution in [0.3, 0.4) is 0 Å². The van der Waals surface area contributed by atoms with E-state index in [-0.39, 0.29) is 21.9 Å². The van der Waals surface area contributed by atoms with Crippen molar-refractivity contribution in [1.82, 2.24) is 25.1 Å². The van der Waals surface area contributed by atoms with Crippen molar-refractivity contribution in [2.45, 2.75) is 6.54 Å². The number of nitrogens with two attached hydrogens (primary N) is 1. The van der Waals surface area contributed by atoms with Gasteiger partial charge in [0.1, 0.15) is 17.5 Å². The molecule has 0 spiro atoms. The van der Waals surface area contributed by atoms with Crippen molar-refractivity contribution < 1.29 is 9.18 Å². The molecule has 3 N–H and O–H groups in total. The van der Waals surface area contributed by atoms with Crippen LogP contribution in [0.15, 0.2) is 49.3 Å². The van der Waals surface area contributed by atoms with E-state index in [1.54, 1.807) is 11.0 Å². The van der Waals surface area contributed by atoms with E-state index in [9.17, 15) is 9.18 Å². The Morgan fingerprint density at radius 1 is 1.23 bits per heavy atom. The van der Waals surface area contributed by atoms with E-state index >= 15 is 0 Å². The molecular weight excluding hydrogens is 355 g/mol. The molecule has 0 aliphatic rings. The van der Waals surface area contributed by atoms with Gasteiger partial charge in [0.05, 0.1) is 27.7 Å². The molecule has 4 rings (SSSR count). The highest BCUT2D eigenvalue weighted by Gasteiger charge is 2.18. The predicted molar refractivity (Wildman–Crippen MR) is 96.5 cm³/mol. The topological polar surface area (TPSA) is 98.7 Å². The summed E-state index contributed by atoms with van der Waals surface area (Å²) in [7, 11) is 0. The molecule has 0 radical (unpaired) electrons. The standard InChI is InChI=1S/C17H13FN6OS/c18-12-6-20-7-13-14(12)15(19)16(26-13)17(25)22-5-10-1-3-11(4-2-10)24-9-21-8-23-24/h1-4,6-9H,5,19H2,(H,22,25). The fourth-order valence-electron chi connectivity index (χ4n) is 2.57. The lowest BCUT2D eigenvalue weighted by molar-refractivity contribution is 0.0956. The third-order valence-corrected chi connectivity index (χ3v) is 5.01. The largest absolute Gasteiger partial charge is 0.397 e. The molecule has 0 unspecified atom stereocenters. The van der Waals surface area contributed by atoms with Gasteiger partial charge in [-0.05, 0) is 17.7 Å². The van der Waals surface area contributed by atoms with Gasteiger partial charge in [-0.15, -0.1) is 11.3 Å². The van der Waals surface area contributed by atoms with Gasteiger partial charge in [0.15, 0.2) is 5.82 Å². The summed E-state index contributed by atoms with van der Waals surface area (Å²) in [4.78, 5) is 20.4. The second-order valence-corrected chi connectivity index (χ2v) is 6.58. The van der Waals surface area contributed by atoms with Crippen molar-refractivity contribution in [1.29, 1.82) is 0 Å². The number of nitrogens with zero attached hydrogens (tertiary/aromatic N) is 4. The summed E-state index contributed by atoms with van der Waals surface area (Å²) in [6.07, 6.45) is 5.65. The summed E-state index contributed by atoms with van der Waals surface area (Å²) in [5.41, 5.74) is 7.87. The van der Waals surface area contributed by atoms with Crippen molar-refractivity contribution in [2.75, 3.05) is 5.73 Å². The first-order valence-electron chi connectivity index (χ1n) is 7.67. The van der Waals surface area contributed by atoms with E-state index < -0.39 is 5.82 Å². The molecule has 26 heavy (non-hydrogen) atoms. The van der Waals surface area contributed by atoms with Gasteiger partial charge >= 0.3 is 0 Å². The number of nitrogens with one attached hydrogen (secondary N) is 1. The van der Waals surface area contributed by atoms with Crippen LogP contribution in [0.25, 0.3) is 15.8 Å². The first-order valence-corrected chi connectivity index (χ1v) is 8.49. The minimum Gasteiger partial charge on any atom is -0.397 e. The molecule has 0 saturated heterocycles. The van der Waals surface area contributed by atoms with Gasteiger partial charge in [0, 0.05) is 12.7 Å². The van der Waals surface area contributed by atoms with Crippen molar-refractivity contribution >= 4 is 33.0 Å². The first kappa shape index (κ1) is 16.2. The average molecular weight is 368 g/mol. The summed E-state index contributed by atoms with van der Waals surface area (Å²) in [5.74, 6) is -0.873. The Balaban J connectivity index is 1.49. The highest BCUT2D eigenvalue weighted by atomic mass is 32.1. The molecule has 3 heterocycles. The van der Waals surface area contributed by atoms with Crippen LogP contribution in [-0.4, -0.2) is 25.7 Å². The molecule has 7 nitrogen and oxygen atoms in total. The Hall–Kier alpha value is -3.33. The Bertz CT molecular complexity index is 1070. The van der Waals surface area contributed by atoms with E-state index in [4.69, 9.17) is 5.73 Å². The number of hydrogen-bond acceptors (Lipinski definition) is 6. The van der Waals surface area contributed by atoms with E-state index in [0.29, 0.717) is 11.2 Å². The van der Waals surface area contributed by atoms with Crippen molar-refractivity contribution in [3.63, 3.8) is 0 Å². The van der Waals surface area contributed by atoms with Crippen molar-refractivity contribution in [3.05, 3.63) is 65.6 Å². The van der Waals surface area contributed by atoms with Crippen LogP contribution in [0, 0.1) is 5.82 Å². The zero-order valence-electron chi connectivity index (χ0n) is 13.4. The van der Waals surface area contributed by atoms with Crippen LogP contribution in [0.4, 0.5) is 10.1 Å². The summed E-state index contributed by atoms with van der Waals surface area (Å²) in [6.45, 7) is 0.324. The first-order chi connectivity index (χ1) is 12.6. The number of fused-ring (bicyclic) bond motifs is 1. The van der Waals surface area contributed by atoms with Crippen LogP contribution in [-0.2, 0) is 6.54 Å². The molecule has 0 saturated carbocycles. The number of amides is 1. The molecule has 1 amide bonds. The molecule has 0 aliphatic heterocycles. The Morgan fingerprint density at radius 3 is 2.73 bits per heavy atom. The lowest BCUT2D eigenvalue weighted by atomic mass is 10.2. The third-order valence-electron chi connectivity index (χ3n) is 3.87. The van der Waals surface area contributed by atoms with Gasteiger partial charge in [-0.25, -0.2) is 14.1 Å². The van der Waals surface area contributed by atoms with E-state index in [1.165, 1.54) is 12.5 Å². The molecule has 4 aromatic rings. The third kappa shape index (κ3) is 2.88. The SMILES string of the molecule is Nc1c(C(=O)NCc2ccc(-n3cncn3)cc2)sc2cncc(F)c12. The minimum atomic E-state index is -0.529. The van der Waals surface area contributed by atoms with E-state index in [2.05, 4.69) is 20.4 Å². The molecule has 130 valence electrons. The number of thiophene rings is 1. The molecule has 3 aromatic heterocycles. The van der Waals surface area contributed by atoms with Crippen molar-refractivity contribution in [3.8, 4) is 5.69 Å². The van der Waals surface area contributed by atoms with Gasteiger partial charge in [-0.3, -0.25) is 9.78 Å². The number of aromatic nitrogens is 4. The summed E-state index contributed by atoms with van der Waals surface area (Å²) >= 11 is 1.12. The molecule has 0 atom stereocenters. The Labute approximate surface area is 151 Å². The number of halogens is 1. The smallest absolute Gasteiger partial charge is 0.263 e. The zero-order chi connectivity index (χ0) is 18.1. The van der Waals surface area contributed by atoms with E-state index in [0.717, 1.165) is 28.8 Å². The molecule has 0 bridgehead atoms. The van der Waals surface area contributed by atoms with Crippen molar-refractivity contribution in [2.24, 2.45) is 0 Å². The Kier molecular flexibility index (Phi) is 4.05. The van der Waals surface area contributed by atoms with E-state index in [1.807, 2.05) is 24.3 Å². The maximum Gasteiger partial charge on any atom is 0.263 e. The number of anilines is 1. The fourth-order valence-corrected chi connectivity index (χ4v) is 3.59. The second-order valence-electron chi connectivity index (χ2n) is 5.53. The number of pyridine rings is 1. The van der Waals surface area contributed by atoms with Crippen LogP contribution in [0.5, 0.6) is 0 Å². The van der Waals surface area contributed by atoms with Crippen LogP contribution in [0.1, 0.15) is 15.2 Å². The number of carbonyl (C=O) groups excluding carboxylic acids is 1. The number of hydrogen-bond donors (Lipinski definition) is 2. The molecule has 1 aromatic carbocycles. The summed E-state index contributed by atoms with van der Waals surface area (Å²) in [5, 5.41) is 7.10. The van der Waals surface area contributed by atoms with Crippen LogP contribution < -0.4 is 11.1 Å². The molecule has 9 heteroatoms. The summed E-state index contributed by atoms with van der Waals surface area (Å²) < 4.78 is 16.0. The minimum absolute atomic E-state index is 0.143. The highest BCUT2D eigenvalue weighted by Crippen LogP contribution is 2.34. The normalized spacial score (nSPS) is 11.0. The number of benzene rings is 1. The Morgan fingerprint density at radius 2 is 2.04 bits per heavy atom. The van der Waals surface area contributed by atoms with Gasteiger partial charge in [-0.1, -0.05) is 12.1 Å². The number of nitrogen functional groups attached to an aromatic ring is 1. The predicted octanol–water partition coefficient (Wildman–Crippen LogP) is 2.53. The molecular formula is C17H13FN6OS.